The van der Waals surface area contributed by atoms with Gasteiger partial charge in [-0.2, -0.15) is 0 Å². The molecule has 0 heterocycles. The van der Waals surface area contributed by atoms with E-state index in [1.54, 1.807) is 34.7 Å². The molecular weight excluding hydrogens is 208 g/mol. The van der Waals surface area contributed by atoms with Gasteiger partial charge in [-0.3, -0.25) is 9.59 Å². The zero-order valence-corrected chi connectivity index (χ0v) is 10.7. The van der Waals surface area contributed by atoms with E-state index in [1.807, 2.05) is 0 Å². The van der Waals surface area contributed by atoms with Crippen LogP contribution in [0.3, 0.4) is 0 Å². The van der Waals surface area contributed by atoms with E-state index >= 15 is 0 Å². The number of carboxylic acid groups (broad SMARTS) is 1. The second kappa shape index (κ2) is 4.82. The molecule has 5 nitrogen and oxygen atoms in total. The van der Waals surface area contributed by atoms with Crippen molar-refractivity contribution in [1.29, 1.82) is 0 Å². The topological polar surface area (TPSA) is 83.6 Å². The van der Waals surface area contributed by atoms with Crippen LogP contribution in [0.2, 0.25) is 0 Å². The van der Waals surface area contributed by atoms with Crippen LogP contribution in [0.5, 0.6) is 0 Å². The third-order valence-electron chi connectivity index (χ3n) is 3.15. The summed E-state index contributed by atoms with van der Waals surface area (Å²) in [4.78, 5) is 23.9. The predicted octanol–water partition coefficient (Wildman–Crippen LogP) is 0.683. The Balaban J connectivity index is 4.61. The first-order valence-electron chi connectivity index (χ1n) is 5.26. The molecule has 0 aromatic rings. The number of rotatable bonds is 5. The van der Waals surface area contributed by atoms with Gasteiger partial charge < -0.3 is 15.7 Å². The highest BCUT2D eigenvalue weighted by molar-refractivity contribution is 5.83. The zero-order valence-electron chi connectivity index (χ0n) is 10.7. The van der Waals surface area contributed by atoms with E-state index in [1.165, 1.54) is 4.90 Å². The van der Waals surface area contributed by atoms with Crippen LogP contribution >= 0.6 is 0 Å². The number of hydrogen-bond donors (Lipinski definition) is 2. The minimum Gasteiger partial charge on any atom is -0.481 e. The van der Waals surface area contributed by atoms with Gasteiger partial charge in [-0.25, -0.2) is 0 Å². The maximum absolute atomic E-state index is 12.1. The van der Waals surface area contributed by atoms with Crippen molar-refractivity contribution in [2.45, 2.75) is 39.7 Å². The molecule has 0 saturated carbocycles. The summed E-state index contributed by atoms with van der Waals surface area (Å²) in [5, 5.41) is 8.54. The fourth-order valence-electron chi connectivity index (χ4n) is 1.12. The number of carbonyl (C=O) groups is 2. The molecule has 0 radical (unpaired) electrons. The molecule has 0 aliphatic carbocycles. The Morgan fingerprint density at radius 1 is 1.25 bits per heavy atom. The molecule has 94 valence electrons. The number of nitrogens with two attached hydrogens (primary N) is 1. The molecule has 5 heteroatoms. The Bertz CT molecular complexity index is 279. The van der Waals surface area contributed by atoms with E-state index in [2.05, 4.69) is 0 Å². The Kier molecular flexibility index (Phi) is 4.49. The molecule has 0 bridgehead atoms. The van der Waals surface area contributed by atoms with E-state index in [4.69, 9.17) is 10.8 Å². The van der Waals surface area contributed by atoms with Crippen LogP contribution in [0.15, 0.2) is 0 Å². The lowest BCUT2D eigenvalue weighted by Crippen LogP contribution is -2.56. The number of hydrogen-bond acceptors (Lipinski definition) is 3. The van der Waals surface area contributed by atoms with Crippen LogP contribution in [-0.2, 0) is 9.59 Å². The fraction of sp³-hybridized carbons (Fsp3) is 0.818. The largest absolute Gasteiger partial charge is 0.481 e. The van der Waals surface area contributed by atoms with Gasteiger partial charge in [-0.15, -0.1) is 0 Å². The Hall–Kier alpha value is -1.10. The van der Waals surface area contributed by atoms with Crippen LogP contribution in [0, 0.1) is 5.41 Å². The maximum Gasteiger partial charge on any atom is 0.305 e. The molecule has 0 aromatic heterocycles. The van der Waals surface area contributed by atoms with Gasteiger partial charge in [0.05, 0.1) is 11.8 Å². The molecule has 0 unspecified atom stereocenters. The molecule has 0 rings (SSSR count). The SMILES string of the molecule is CN(CCC(=O)O)C(=O)C(C)(C)C(C)(C)N. The van der Waals surface area contributed by atoms with Crippen LogP contribution < -0.4 is 5.73 Å². The van der Waals surface area contributed by atoms with E-state index in [0.29, 0.717) is 0 Å². The molecule has 0 aliphatic rings. The highest BCUT2D eigenvalue weighted by atomic mass is 16.4. The van der Waals surface area contributed by atoms with Gasteiger partial charge in [0.25, 0.3) is 0 Å². The minimum atomic E-state index is -0.913. The van der Waals surface area contributed by atoms with Gasteiger partial charge in [0.2, 0.25) is 5.91 Å². The third-order valence-corrected chi connectivity index (χ3v) is 3.15. The molecule has 0 saturated heterocycles. The summed E-state index contributed by atoms with van der Waals surface area (Å²) >= 11 is 0. The van der Waals surface area contributed by atoms with Crippen LogP contribution in [0.25, 0.3) is 0 Å². The summed E-state index contributed by atoms with van der Waals surface area (Å²) in [7, 11) is 1.60. The standard InChI is InChI=1S/C11H22N2O3/c1-10(2,11(3,4)12)9(16)13(5)7-6-8(14)15/h6-7,12H2,1-5H3,(H,14,15). The summed E-state index contributed by atoms with van der Waals surface area (Å²) in [6, 6.07) is 0. The van der Waals surface area contributed by atoms with Crippen molar-refractivity contribution in [2.75, 3.05) is 13.6 Å². The Labute approximate surface area is 96.6 Å². The average Bonchev–Trinajstić information content (AvgIpc) is 2.10. The van der Waals surface area contributed by atoms with E-state index < -0.39 is 16.9 Å². The second-order valence-corrected chi connectivity index (χ2v) is 5.22. The van der Waals surface area contributed by atoms with Gasteiger partial charge in [-0.05, 0) is 27.7 Å². The molecule has 1 amide bonds. The van der Waals surface area contributed by atoms with Crippen molar-refractivity contribution in [3.05, 3.63) is 0 Å². The second-order valence-electron chi connectivity index (χ2n) is 5.22. The molecule has 0 spiro atoms. The predicted molar refractivity (Wildman–Crippen MR) is 61.9 cm³/mol. The van der Waals surface area contributed by atoms with Crippen molar-refractivity contribution >= 4 is 11.9 Å². The lowest BCUT2D eigenvalue weighted by Gasteiger charge is -2.39. The first-order chi connectivity index (χ1) is 7.00. The van der Waals surface area contributed by atoms with Crippen molar-refractivity contribution < 1.29 is 14.7 Å². The number of aliphatic carboxylic acids is 1. The number of carboxylic acids is 1. The quantitative estimate of drug-likeness (QED) is 0.727. The van der Waals surface area contributed by atoms with Crippen molar-refractivity contribution in [3.8, 4) is 0 Å². The molecule has 3 N–H and O–H groups in total. The maximum atomic E-state index is 12.1. The monoisotopic (exact) mass is 230 g/mol. The van der Waals surface area contributed by atoms with Gasteiger partial charge in [0, 0.05) is 19.1 Å². The highest BCUT2D eigenvalue weighted by Crippen LogP contribution is 2.30. The van der Waals surface area contributed by atoms with E-state index in [9.17, 15) is 9.59 Å². The van der Waals surface area contributed by atoms with E-state index in [0.717, 1.165) is 0 Å². The normalized spacial score (nSPS) is 12.4. The first kappa shape index (κ1) is 14.9. The third kappa shape index (κ3) is 3.48. The van der Waals surface area contributed by atoms with Crippen molar-refractivity contribution in [3.63, 3.8) is 0 Å². The van der Waals surface area contributed by atoms with Crippen LogP contribution in [0.1, 0.15) is 34.1 Å². The van der Waals surface area contributed by atoms with Gasteiger partial charge in [0.15, 0.2) is 0 Å². The lowest BCUT2D eigenvalue weighted by molar-refractivity contribution is -0.143. The molecule has 0 atom stereocenters. The lowest BCUT2D eigenvalue weighted by atomic mass is 9.74. The van der Waals surface area contributed by atoms with Gasteiger partial charge in [0.1, 0.15) is 0 Å². The summed E-state index contributed by atoms with van der Waals surface area (Å²) in [6.07, 6.45) is -0.0523. The van der Waals surface area contributed by atoms with Crippen molar-refractivity contribution in [1.82, 2.24) is 4.90 Å². The Morgan fingerprint density at radius 3 is 2.00 bits per heavy atom. The van der Waals surface area contributed by atoms with Gasteiger partial charge in [-0.1, -0.05) is 0 Å². The first-order valence-corrected chi connectivity index (χ1v) is 5.26. The number of amides is 1. The zero-order chi connectivity index (χ0) is 13.1. The summed E-state index contributed by atoms with van der Waals surface area (Å²) < 4.78 is 0. The van der Waals surface area contributed by atoms with Crippen molar-refractivity contribution in [2.24, 2.45) is 11.1 Å². The number of carbonyl (C=O) groups excluding carboxylic acids is 1. The summed E-state index contributed by atoms with van der Waals surface area (Å²) in [5.41, 5.74) is 4.57. The van der Waals surface area contributed by atoms with Crippen LogP contribution in [0.4, 0.5) is 0 Å². The molecule has 0 fully saturated rings. The smallest absolute Gasteiger partial charge is 0.305 e. The molecular formula is C11H22N2O3. The average molecular weight is 230 g/mol. The Morgan fingerprint density at radius 2 is 1.69 bits per heavy atom. The van der Waals surface area contributed by atoms with Gasteiger partial charge >= 0.3 is 5.97 Å². The van der Waals surface area contributed by atoms with E-state index in [-0.39, 0.29) is 18.9 Å². The minimum absolute atomic E-state index is 0.0523. The highest BCUT2D eigenvalue weighted by Gasteiger charge is 2.41. The summed E-state index contributed by atoms with van der Waals surface area (Å²) in [6.45, 7) is 7.32. The number of nitrogens with zero attached hydrogens (tertiary/aromatic N) is 1. The molecule has 0 aliphatic heterocycles. The fourth-order valence-corrected chi connectivity index (χ4v) is 1.12. The molecule has 0 aromatic carbocycles. The molecule has 16 heavy (non-hydrogen) atoms. The summed E-state index contributed by atoms with van der Waals surface area (Å²) in [5.74, 6) is -1.05. The van der Waals surface area contributed by atoms with Crippen LogP contribution in [-0.4, -0.2) is 41.0 Å².